The van der Waals surface area contributed by atoms with Crippen LogP contribution in [0.15, 0.2) is 61.7 Å². The van der Waals surface area contributed by atoms with E-state index in [4.69, 9.17) is 18.6 Å². The van der Waals surface area contributed by atoms with Crippen LogP contribution in [0.5, 0.6) is 5.75 Å². The normalized spacial score (nSPS) is 20.2. The molecule has 0 radical (unpaired) electrons. The second-order valence-corrected chi connectivity index (χ2v) is 13.9. The minimum atomic E-state index is -2.19. The molecule has 5 nitrogen and oxygen atoms in total. The second kappa shape index (κ2) is 11.5. The van der Waals surface area contributed by atoms with Gasteiger partial charge in [0.15, 0.2) is 0 Å². The summed E-state index contributed by atoms with van der Waals surface area (Å²) < 4.78 is 23.6. The van der Waals surface area contributed by atoms with Gasteiger partial charge in [-0.2, -0.15) is 0 Å². The number of hydrogen-bond donors (Lipinski definition) is 0. The molecule has 0 N–H and O–H groups in total. The lowest BCUT2D eigenvalue weighted by atomic mass is 10.1. The smallest absolute Gasteiger partial charge is 0.342 e. The Morgan fingerprint density at radius 3 is 2.56 bits per heavy atom. The van der Waals surface area contributed by atoms with E-state index in [-0.39, 0.29) is 11.8 Å². The molecule has 1 aliphatic heterocycles. The van der Waals surface area contributed by atoms with Crippen molar-refractivity contribution in [2.24, 2.45) is 0 Å². The van der Waals surface area contributed by atoms with Crippen LogP contribution in [0.4, 0.5) is 0 Å². The molecule has 0 spiro atoms. The van der Waals surface area contributed by atoms with Gasteiger partial charge in [-0.15, -0.1) is 0 Å². The number of esters is 1. The monoisotopic (exact) mass is 456 g/mol. The molecule has 1 aromatic carbocycles. The Bertz CT molecular complexity index is 863. The highest BCUT2D eigenvalue weighted by molar-refractivity contribution is 6.74. The van der Waals surface area contributed by atoms with Gasteiger partial charge in [-0.25, -0.2) is 4.79 Å². The lowest BCUT2D eigenvalue weighted by Crippen LogP contribution is -2.44. The molecule has 0 aromatic heterocycles. The zero-order chi connectivity index (χ0) is 23.8. The molecule has 32 heavy (non-hydrogen) atoms. The highest BCUT2D eigenvalue weighted by Crippen LogP contribution is 2.39. The number of carbonyl (C=O) groups is 1. The largest absolute Gasteiger partial charge is 0.543 e. The van der Waals surface area contributed by atoms with Crippen LogP contribution in [0.25, 0.3) is 6.08 Å². The fourth-order valence-corrected chi connectivity index (χ4v) is 3.96. The van der Waals surface area contributed by atoms with Crippen molar-refractivity contribution in [2.75, 3.05) is 13.4 Å². The molecule has 0 bridgehead atoms. The maximum atomic E-state index is 13.5. The van der Waals surface area contributed by atoms with Gasteiger partial charge in [-0.3, -0.25) is 0 Å². The third kappa shape index (κ3) is 6.79. The van der Waals surface area contributed by atoms with Crippen LogP contribution in [0.3, 0.4) is 0 Å². The van der Waals surface area contributed by atoms with E-state index in [2.05, 4.69) is 47.0 Å². The van der Waals surface area contributed by atoms with Gasteiger partial charge in [0.1, 0.15) is 30.3 Å². The zero-order valence-electron chi connectivity index (χ0n) is 19.9. The first kappa shape index (κ1) is 25.8. The molecule has 1 saturated heterocycles. The fourth-order valence-electron chi connectivity index (χ4n) is 2.94. The van der Waals surface area contributed by atoms with Crippen LogP contribution in [0, 0.1) is 0 Å². The molecule has 6 heteroatoms. The van der Waals surface area contributed by atoms with E-state index in [9.17, 15) is 4.79 Å². The first-order valence-electron chi connectivity index (χ1n) is 10.9. The summed E-state index contributed by atoms with van der Waals surface area (Å²) in [6.45, 7) is 18.8. The van der Waals surface area contributed by atoms with E-state index in [0.29, 0.717) is 24.3 Å². The van der Waals surface area contributed by atoms with Crippen LogP contribution in [0.2, 0.25) is 18.1 Å². The molecule has 0 unspecified atom stereocenters. The van der Waals surface area contributed by atoms with Gasteiger partial charge in [0.25, 0.3) is 8.32 Å². The number of allylic oxidation sites excluding steroid dienone is 4. The van der Waals surface area contributed by atoms with Crippen molar-refractivity contribution in [1.29, 1.82) is 0 Å². The van der Waals surface area contributed by atoms with Crippen LogP contribution in [0.1, 0.15) is 43.1 Å². The molecule has 1 fully saturated rings. The van der Waals surface area contributed by atoms with Crippen molar-refractivity contribution >= 4 is 20.4 Å². The summed E-state index contributed by atoms with van der Waals surface area (Å²) in [7, 11) is -2.19. The highest BCUT2D eigenvalue weighted by Gasteiger charge is 2.40. The number of rotatable bonds is 8. The number of ether oxygens (including phenoxy) is 3. The Morgan fingerprint density at radius 2 is 1.91 bits per heavy atom. The Balaban J connectivity index is 2.44. The van der Waals surface area contributed by atoms with Crippen LogP contribution in [-0.2, 0) is 14.2 Å². The minimum Gasteiger partial charge on any atom is -0.543 e. The summed E-state index contributed by atoms with van der Waals surface area (Å²) in [5.41, 5.74) is 1.13. The molecule has 2 rings (SSSR count). The Kier molecular flexibility index (Phi) is 9.25. The van der Waals surface area contributed by atoms with E-state index in [1.54, 1.807) is 24.3 Å². The van der Waals surface area contributed by atoms with Gasteiger partial charge in [-0.05, 0) is 29.8 Å². The van der Waals surface area contributed by atoms with Crippen molar-refractivity contribution in [2.45, 2.75) is 57.5 Å². The van der Waals surface area contributed by atoms with E-state index in [0.717, 1.165) is 5.56 Å². The summed E-state index contributed by atoms with van der Waals surface area (Å²) in [6, 6.07) is 5.60. The standard InChI is InChI=1S/C26H36O5Si/c1-8-10-13-20-14-12-16-23(31-32(6,7)26(3,4)5)24(20)25(27)30-22-17-18-28-19-29-21(22)15-11-9-2/h8-16,21-22H,1-2,17-19H2,3-7H3/b13-10+,15-11-/t21-,22-/m0/s1. The van der Waals surface area contributed by atoms with Crippen molar-refractivity contribution in [3.63, 3.8) is 0 Å². The van der Waals surface area contributed by atoms with Crippen LogP contribution < -0.4 is 4.43 Å². The quantitative estimate of drug-likeness (QED) is 0.261. The minimum absolute atomic E-state index is 0.0197. The van der Waals surface area contributed by atoms with Gasteiger partial charge in [0.2, 0.25) is 0 Å². The predicted molar refractivity (Wildman–Crippen MR) is 132 cm³/mol. The molecule has 1 heterocycles. The molecule has 174 valence electrons. The summed E-state index contributed by atoms with van der Waals surface area (Å²) in [6.07, 6.45) is 10.2. The van der Waals surface area contributed by atoms with Crippen molar-refractivity contribution in [1.82, 2.24) is 0 Å². The molecule has 0 amide bonds. The SMILES string of the molecule is C=C/C=C\[C@@H]1OCOCC[C@@H]1OC(=O)c1c(/C=C/C=C)cccc1O[Si](C)(C)C(C)(C)C. The third-order valence-corrected chi connectivity index (χ3v) is 10.1. The fraction of sp³-hybridized carbons (Fsp3) is 0.423. The average Bonchev–Trinajstić information content (AvgIpc) is 2.94. The van der Waals surface area contributed by atoms with E-state index < -0.39 is 26.5 Å². The Labute approximate surface area is 193 Å². The zero-order valence-corrected chi connectivity index (χ0v) is 20.9. The first-order chi connectivity index (χ1) is 15.1. The van der Waals surface area contributed by atoms with Crippen LogP contribution in [-0.4, -0.2) is 39.9 Å². The molecule has 1 aromatic rings. The van der Waals surface area contributed by atoms with Gasteiger partial charge >= 0.3 is 5.97 Å². The van der Waals surface area contributed by atoms with E-state index in [1.807, 2.05) is 30.4 Å². The van der Waals surface area contributed by atoms with Crippen molar-refractivity contribution < 1.29 is 23.4 Å². The highest BCUT2D eigenvalue weighted by atomic mass is 28.4. The third-order valence-electron chi connectivity index (χ3n) is 5.80. The van der Waals surface area contributed by atoms with Crippen LogP contribution >= 0.6 is 0 Å². The summed E-state index contributed by atoms with van der Waals surface area (Å²) in [4.78, 5) is 13.5. The van der Waals surface area contributed by atoms with Crippen molar-refractivity contribution in [3.05, 3.63) is 72.9 Å². The van der Waals surface area contributed by atoms with Gasteiger partial charge < -0.3 is 18.6 Å². The Morgan fingerprint density at radius 1 is 1.19 bits per heavy atom. The lowest BCUT2D eigenvalue weighted by molar-refractivity contribution is -0.0744. The molecular weight excluding hydrogens is 420 g/mol. The topological polar surface area (TPSA) is 54.0 Å². The van der Waals surface area contributed by atoms with E-state index >= 15 is 0 Å². The molecule has 0 aliphatic carbocycles. The molecule has 1 aliphatic rings. The second-order valence-electron chi connectivity index (χ2n) is 9.19. The van der Waals surface area contributed by atoms with Gasteiger partial charge in [0, 0.05) is 6.42 Å². The number of carbonyl (C=O) groups excluding carboxylic acids is 1. The van der Waals surface area contributed by atoms with Gasteiger partial charge in [0.05, 0.1) is 6.61 Å². The lowest BCUT2D eigenvalue weighted by Gasteiger charge is -2.37. The maximum Gasteiger partial charge on any atom is 0.342 e. The Hall–Kier alpha value is -2.41. The molecular formula is C26H36O5Si. The number of hydrogen-bond acceptors (Lipinski definition) is 5. The summed E-state index contributed by atoms with van der Waals surface area (Å²) in [5.74, 6) is 0.0901. The first-order valence-corrected chi connectivity index (χ1v) is 13.8. The van der Waals surface area contributed by atoms with Crippen molar-refractivity contribution in [3.8, 4) is 5.75 Å². The number of benzene rings is 1. The molecule has 2 atom stereocenters. The summed E-state index contributed by atoms with van der Waals surface area (Å²) >= 11 is 0. The average molecular weight is 457 g/mol. The van der Waals surface area contributed by atoms with Gasteiger partial charge in [-0.1, -0.05) is 82.5 Å². The van der Waals surface area contributed by atoms with E-state index in [1.165, 1.54) is 0 Å². The maximum absolute atomic E-state index is 13.5. The molecule has 0 saturated carbocycles. The predicted octanol–water partition coefficient (Wildman–Crippen LogP) is 6.30. The summed E-state index contributed by atoms with van der Waals surface area (Å²) in [5, 5.41) is -0.0197.